The predicted octanol–water partition coefficient (Wildman–Crippen LogP) is 2.35. The minimum Gasteiger partial charge on any atom is -0.350 e. The van der Waals surface area contributed by atoms with Crippen molar-refractivity contribution in [2.45, 2.75) is 38.1 Å². The van der Waals surface area contributed by atoms with Gasteiger partial charge in [0.1, 0.15) is 0 Å². The van der Waals surface area contributed by atoms with Crippen LogP contribution in [0.15, 0.2) is 16.8 Å². The second-order valence-corrected chi connectivity index (χ2v) is 4.77. The summed E-state index contributed by atoms with van der Waals surface area (Å²) in [6.45, 7) is 2.15. The Labute approximate surface area is 88.3 Å². The summed E-state index contributed by atoms with van der Waals surface area (Å²) in [4.78, 5) is 11.2. The lowest BCUT2D eigenvalue weighted by Crippen LogP contribution is -2.42. The van der Waals surface area contributed by atoms with Gasteiger partial charge in [-0.15, -0.1) is 0 Å². The number of thiophene rings is 1. The van der Waals surface area contributed by atoms with Crippen molar-refractivity contribution >= 4 is 17.2 Å². The highest BCUT2D eigenvalue weighted by Gasteiger charge is 2.35. The summed E-state index contributed by atoms with van der Waals surface area (Å²) < 4.78 is 0. The molecule has 0 saturated carbocycles. The van der Waals surface area contributed by atoms with E-state index < -0.39 is 0 Å². The summed E-state index contributed by atoms with van der Waals surface area (Å²) in [5.74, 6) is 0.210. The average Bonchev–Trinajstić information content (AvgIpc) is 2.77. The molecule has 0 aromatic carbocycles. The van der Waals surface area contributed by atoms with Gasteiger partial charge in [0, 0.05) is 12.0 Å². The highest BCUT2D eigenvalue weighted by atomic mass is 32.1. The standard InChI is InChI=1S/C11H15NOS/c1-2-11(5-3-10(13)12-11)7-9-4-6-14-8-9/h4,6,8H,2-3,5,7H2,1H3,(H,12,13). The van der Waals surface area contributed by atoms with Crippen LogP contribution < -0.4 is 5.32 Å². The summed E-state index contributed by atoms with van der Waals surface area (Å²) in [5.41, 5.74) is 1.39. The molecule has 1 unspecified atom stereocenters. The normalized spacial score (nSPS) is 26.5. The lowest BCUT2D eigenvalue weighted by atomic mass is 9.88. The van der Waals surface area contributed by atoms with Crippen molar-refractivity contribution < 1.29 is 4.79 Å². The van der Waals surface area contributed by atoms with Gasteiger partial charge in [-0.05, 0) is 41.7 Å². The smallest absolute Gasteiger partial charge is 0.220 e. The van der Waals surface area contributed by atoms with E-state index in [2.05, 4.69) is 29.1 Å². The maximum atomic E-state index is 11.2. The van der Waals surface area contributed by atoms with Gasteiger partial charge < -0.3 is 5.32 Å². The van der Waals surface area contributed by atoms with Crippen molar-refractivity contribution in [3.05, 3.63) is 22.4 Å². The van der Waals surface area contributed by atoms with Crippen LogP contribution in [-0.4, -0.2) is 11.4 Å². The molecule has 1 N–H and O–H groups in total. The van der Waals surface area contributed by atoms with Gasteiger partial charge in [-0.3, -0.25) is 4.79 Å². The van der Waals surface area contributed by atoms with E-state index in [9.17, 15) is 4.79 Å². The Morgan fingerprint density at radius 2 is 2.50 bits per heavy atom. The van der Waals surface area contributed by atoms with Crippen molar-refractivity contribution in [3.8, 4) is 0 Å². The monoisotopic (exact) mass is 209 g/mol. The molecule has 3 heteroatoms. The van der Waals surface area contributed by atoms with Crippen LogP contribution in [0, 0.1) is 0 Å². The molecule has 0 radical (unpaired) electrons. The molecular formula is C11H15NOS. The van der Waals surface area contributed by atoms with Crippen LogP contribution in [0.2, 0.25) is 0 Å². The highest BCUT2D eigenvalue weighted by molar-refractivity contribution is 7.07. The summed E-state index contributed by atoms with van der Waals surface area (Å²) in [6.07, 6.45) is 3.68. The SMILES string of the molecule is CCC1(Cc2ccsc2)CCC(=O)N1. The Hall–Kier alpha value is -0.830. The van der Waals surface area contributed by atoms with Crippen molar-refractivity contribution in [2.75, 3.05) is 0 Å². The maximum Gasteiger partial charge on any atom is 0.220 e. The van der Waals surface area contributed by atoms with Crippen molar-refractivity contribution in [1.29, 1.82) is 0 Å². The molecule has 1 aliphatic rings. The van der Waals surface area contributed by atoms with Crippen LogP contribution in [0.5, 0.6) is 0 Å². The van der Waals surface area contributed by atoms with Crippen LogP contribution in [0.1, 0.15) is 31.7 Å². The number of carbonyl (C=O) groups is 1. The van der Waals surface area contributed by atoms with E-state index in [1.54, 1.807) is 11.3 Å². The first-order valence-corrected chi connectivity index (χ1v) is 6.00. The van der Waals surface area contributed by atoms with E-state index in [1.807, 2.05) is 0 Å². The van der Waals surface area contributed by atoms with Gasteiger partial charge >= 0.3 is 0 Å². The van der Waals surface area contributed by atoms with Gasteiger partial charge in [0.05, 0.1) is 0 Å². The number of hydrogen-bond acceptors (Lipinski definition) is 2. The fourth-order valence-corrected chi connectivity index (χ4v) is 2.75. The zero-order valence-electron chi connectivity index (χ0n) is 8.38. The predicted molar refractivity (Wildman–Crippen MR) is 58.4 cm³/mol. The number of rotatable bonds is 3. The molecular weight excluding hydrogens is 194 g/mol. The molecule has 0 bridgehead atoms. The molecule has 1 aromatic heterocycles. The van der Waals surface area contributed by atoms with E-state index in [0.717, 1.165) is 19.3 Å². The molecule has 76 valence electrons. The summed E-state index contributed by atoms with van der Waals surface area (Å²) in [7, 11) is 0. The first kappa shape index (κ1) is 9.71. The first-order chi connectivity index (χ1) is 6.74. The van der Waals surface area contributed by atoms with Gasteiger partial charge in [0.25, 0.3) is 0 Å². The van der Waals surface area contributed by atoms with Gasteiger partial charge in [-0.2, -0.15) is 11.3 Å². The fraction of sp³-hybridized carbons (Fsp3) is 0.545. The van der Waals surface area contributed by atoms with Gasteiger partial charge in [-0.1, -0.05) is 6.92 Å². The number of carbonyl (C=O) groups excluding carboxylic acids is 1. The first-order valence-electron chi connectivity index (χ1n) is 5.06. The molecule has 0 spiro atoms. The van der Waals surface area contributed by atoms with Gasteiger partial charge in [-0.25, -0.2) is 0 Å². The zero-order chi connectivity index (χ0) is 10.0. The third kappa shape index (κ3) is 1.82. The Morgan fingerprint density at radius 1 is 1.64 bits per heavy atom. The molecule has 2 heterocycles. The highest BCUT2D eigenvalue weighted by Crippen LogP contribution is 2.28. The second kappa shape index (κ2) is 3.73. The summed E-state index contributed by atoms with van der Waals surface area (Å²) in [5, 5.41) is 7.38. The molecule has 1 atom stereocenters. The molecule has 2 rings (SSSR count). The minimum atomic E-state index is 0.0398. The Balaban J connectivity index is 2.10. The topological polar surface area (TPSA) is 29.1 Å². The van der Waals surface area contributed by atoms with Crippen LogP contribution >= 0.6 is 11.3 Å². The molecule has 1 amide bonds. The Morgan fingerprint density at radius 3 is 3.00 bits per heavy atom. The number of hydrogen-bond donors (Lipinski definition) is 1. The quantitative estimate of drug-likeness (QED) is 0.813. The third-order valence-corrected chi connectivity index (χ3v) is 3.77. The largest absolute Gasteiger partial charge is 0.350 e. The van der Waals surface area contributed by atoms with Crippen LogP contribution in [0.4, 0.5) is 0 Å². The fourth-order valence-electron chi connectivity index (χ4n) is 2.08. The molecule has 1 aromatic rings. The molecule has 2 nitrogen and oxygen atoms in total. The average molecular weight is 209 g/mol. The van der Waals surface area contributed by atoms with Gasteiger partial charge in [0.2, 0.25) is 5.91 Å². The van der Waals surface area contributed by atoms with E-state index in [1.165, 1.54) is 5.56 Å². The van der Waals surface area contributed by atoms with Crippen molar-refractivity contribution in [2.24, 2.45) is 0 Å². The second-order valence-electron chi connectivity index (χ2n) is 3.99. The summed E-state index contributed by atoms with van der Waals surface area (Å²) >= 11 is 1.72. The van der Waals surface area contributed by atoms with Gasteiger partial charge in [0.15, 0.2) is 0 Å². The molecule has 1 aliphatic heterocycles. The maximum absolute atomic E-state index is 11.2. The molecule has 1 fully saturated rings. The third-order valence-electron chi connectivity index (χ3n) is 3.03. The van der Waals surface area contributed by atoms with Crippen LogP contribution in [0.25, 0.3) is 0 Å². The van der Waals surface area contributed by atoms with E-state index in [0.29, 0.717) is 6.42 Å². The Kier molecular flexibility index (Phi) is 2.59. The lowest BCUT2D eigenvalue weighted by Gasteiger charge is -2.27. The zero-order valence-corrected chi connectivity index (χ0v) is 9.19. The number of nitrogens with one attached hydrogen (secondary N) is 1. The van der Waals surface area contributed by atoms with E-state index >= 15 is 0 Å². The molecule has 1 saturated heterocycles. The Bertz CT molecular complexity index is 320. The van der Waals surface area contributed by atoms with Crippen LogP contribution in [-0.2, 0) is 11.2 Å². The minimum absolute atomic E-state index is 0.0398. The number of amides is 1. The molecule has 14 heavy (non-hydrogen) atoms. The summed E-state index contributed by atoms with van der Waals surface area (Å²) in [6, 6.07) is 2.15. The van der Waals surface area contributed by atoms with E-state index in [-0.39, 0.29) is 11.4 Å². The van der Waals surface area contributed by atoms with Crippen LogP contribution in [0.3, 0.4) is 0 Å². The van der Waals surface area contributed by atoms with Crippen molar-refractivity contribution in [1.82, 2.24) is 5.32 Å². The lowest BCUT2D eigenvalue weighted by molar-refractivity contribution is -0.119. The van der Waals surface area contributed by atoms with Crippen molar-refractivity contribution in [3.63, 3.8) is 0 Å². The molecule has 0 aliphatic carbocycles. The van der Waals surface area contributed by atoms with E-state index in [4.69, 9.17) is 0 Å².